The predicted octanol–water partition coefficient (Wildman–Crippen LogP) is 5.30. The Hall–Kier alpha value is -0.220. The van der Waals surface area contributed by atoms with Gasteiger partial charge in [-0.05, 0) is 46.3 Å². The fraction of sp³-hybridized carbons (Fsp3) is 0. The second-order valence-corrected chi connectivity index (χ2v) is 5.81. The van der Waals surface area contributed by atoms with Crippen molar-refractivity contribution in [2.45, 2.75) is 9.92 Å². The van der Waals surface area contributed by atoms with E-state index < -0.39 is 0 Å². The summed E-state index contributed by atoms with van der Waals surface area (Å²) in [5, 5.41) is 2.17. The Morgan fingerprint density at radius 2 is 1.94 bits per heavy atom. The normalized spacial score (nSPS) is 10.4. The van der Waals surface area contributed by atoms with Gasteiger partial charge >= 0.3 is 0 Å². The van der Waals surface area contributed by atoms with E-state index in [1.54, 1.807) is 12.3 Å². The highest BCUT2D eigenvalue weighted by Gasteiger charge is 2.04. The maximum Gasteiger partial charge on any atom is 0.101 e. The van der Waals surface area contributed by atoms with E-state index in [1.807, 2.05) is 24.3 Å². The lowest BCUT2D eigenvalue weighted by molar-refractivity contribution is 1.12. The van der Waals surface area contributed by atoms with E-state index in [0.717, 1.165) is 14.4 Å². The zero-order valence-electron chi connectivity index (χ0n) is 7.95. The topological polar surface area (TPSA) is 12.9 Å². The number of aromatic nitrogens is 1. The molecule has 0 amide bonds. The van der Waals surface area contributed by atoms with Crippen molar-refractivity contribution in [3.8, 4) is 0 Å². The van der Waals surface area contributed by atoms with E-state index in [2.05, 4.69) is 20.9 Å². The van der Waals surface area contributed by atoms with E-state index in [9.17, 15) is 0 Å². The summed E-state index contributed by atoms with van der Waals surface area (Å²) in [5.74, 6) is 0. The van der Waals surface area contributed by atoms with Gasteiger partial charge in [0, 0.05) is 20.6 Å². The Morgan fingerprint density at radius 1 is 1.12 bits per heavy atom. The zero-order chi connectivity index (χ0) is 11.5. The number of benzene rings is 1. The lowest BCUT2D eigenvalue weighted by Gasteiger charge is -2.03. The number of pyridine rings is 1. The van der Waals surface area contributed by atoms with Crippen LogP contribution in [0.4, 0.5) is 0 Å². The molecule has 0 saturated carbocycles. The van der Waals surface area contributed by atoms with Crippen molar-refractivity contribution in [1.82, 2.24) is 4.98 Å². The van der Waals surface area contributed by atoms with Crippen molar-refractivity contribution in [3.05, 3.63) is 51.0 Å². The first kappa shape index (κ1) is 12.2. The highest BCUT2D eigenvalue weighted by atomic mass is 79.9. The summed E-state index contributed by atoms with van der Waals surface area (Å²) < 4.78 is 0.957. The van der Waals surface area contributed by atoms with Gasteiger partial charge in [-0.25, -0.2) is 4.98 Å². The molecule has 1 nitrogen and oxygen atoms in total. The number of halogens is 3. The summed E-state index contributed by atoms with van der Waals surface area (Å²) in [7, 11) is 0. The molecular formula is C11H6BrCl2NS. The molecule has 0 unspecified atom stereocenters. The molecule has 1 aromatic carbocycles. The van der Waals surface area contributed by atoms with Gasteiger partial charge in [0.25, 0.3) is 0 Å². The minimum atomic E-state index is 0.637. The second-order valence-electron chi connectivity index (χ2n) is 2.99. The van der Waals surface area contributed by atoms with Crippen LogP contribution >= 0.6 is 50.9 Å². The fourth-order valence-corrected chi connectivity index (χ4v) is 2.61. The SMILES string of the molecule is Clc1ccc(Sc2ccc(Br)cn2)c(Cl)c1. The standard InChI is InChI=1S/C11H6BrCl2NS/c12-7-1-4-11(15-6-7)16-10-3-2-8(13)5-9(10)14/h1-6H. The Kier molecular flexibility index (Phi) is 4.14. The predicted molar refractivity (Wildman–Crippen MR) is 72.5 cm³/mol. The van der Waals surface area contributed by atoms with Crippen LogP contribution in [0.3, 0.4) is 0 Å². The first-order chi connectivity index (χ1) is 7.65. The van der Waals surface area contributed by atoms with Crippen LogP contribution in [0.25, 0.3) is 0 Å². The first-order valence-corrected chi connectivity index (χ1v) is 6.76. The average molecular weight is 335 g/mol. The molecular weight excluding hydrogens is 329 g/mol. The summed E-state index contributed by atoms with van der Waals surface area (Å²) in [5.41, 5.74) is 0. The number of nitrogens with zero attached hydrogens (tertiary/aromatic N) is 1. The van der Waals surface area contributed by atoms with Crippen molar-refractivity contribution >= 4 is 50.9 Å². The Labute approximate surface area is 116 Å². The summed E-state index contributed by atoms with van der Waals surface area (Å²) in [6, 6.07) is 9.30. The molecule has 0 aliphatic heterocycles. The van der Waals surface area contributed by atoms with E-state index in [1.165, 1.54) is 11.8 Å². The molecule has 0 radical (unpaired) electrons. The molecule has 0 atom stereocenters. The Morgan fingerprint density at radius 3 is 2.56 bits per heavy atom. The third kappa shape index (κ3) is 3.14. The maximum atomic E-state index is 6.07. The van der Waals surface area contributed by atoms with Crippen LogP contribution in [0.2, 0.25) is 10.0 Å². The molecule has 0 saturated heterocycles. The largest absolute Gasteiger partial charge is 0.248 e. The van der Waals surface area contributed by atoms with E-state index in [4.69, 9.17) is 23.2 Å². The van der Waals surface area contributed by atoms with E-state index in [0.29, 0.717) is 10.0 Å². The van der Waals surface area contributed by atoms with Crippen LogP contribution in [-0.4, -0.2) is 4.98 Å². The quantitative estimate of drug-likeness (QED) is 0.738. The molecule has 0 aliphatic carbocycles. The maximum absolute atomic E-state index is 6.07. The molecule has 1 heterocycles. The highest BCUT2D eigenvalue weighted by molar-refractivity contribution is 9.10. The van der Waals surface area contributed by atoms with Crippen LogP contribution in [0, 0.1) is 0 Å². The van der Waals surface area contributed by atoms with Gasteiger partial charge < -0.3 is 0 Å². The summed E-state index contributed by atoms with van der Waals surface area (Å²) in [6.45, 7) is 0. The van der Waals surface area contributed by atoms with Crippen LogP contribution in [0.1, 0.15) is 0 Å². The molecule has 0 bridgehead atoms. The summed E-state index contributed by atoms with van der Waals surface area (Å²) >= 11 is 16.7. The lowest BCUT2D eigenvalue weighted by Crippen LogP contribution is -1.80. The fourth-order valence-electron chi connectivity index (χ4n) is 1.09. The van der Waals surface area contributed by atoms with Crippen molar-refractivity contribution in [3.63, 3.8) is 0 Å². The van der Waals surface area contributed by atoms with Crippen LogP contribution in [-0.2, 0) is 0 Å². The summed E-state index contributed by atoms with van der Waals surface area (Å²) in [6.07, 6.45) is 1.76. The van der Waals surface area contributed by atoms with Crippen molar-refractivity contribution in [2.75, 3.05) is 0 Å². The van der Waals surface area contributed by atoms with Crippen molar-refractivity contribution in [2.24, 2.45) is 0 Å². The highest BCUT2D eigenvalue weighted by Crippen LogP contribution is 2.33. The molecule has 0 fully saturated rings. The molecule has 0 N–H and O–H groups in total. The lowest BCUT2D eigenvalue weighted by atomic mass is 10.4. The van der Waals surface area contributed by atoms with Gasteiger partial charge in [0.05, 0.1) is 5.02 Å². The van der Waals surface area contributed by atoms with E-state index >= 15 is 0 Å². The van der Waals surface area contributed by atoms with Crippen LogP contribution in [0.5, 0.6) is 0 Å². The van der Waals surface area contributed by atoms with Gasteiger partial charge in [0.2, 0.25) is 0 Å². The van der Waals surface area contributed by atoms with Crippen molar-refractivity contribution in [1.29, 1.82) is 0 Å². The van der Waals surface area contributed by atoms with Gasteiger partial charge in [0.15, 0.2) is 0 Å². The van der Waals surface area contributed by atoms with Gasteiger partial charge in [-0.15, -0.1) is 0 Å². The minimum Gasteiger partial charge on any atom is -0.248 e. The monoisotopic (exact) mass is 333 g/mol. The Bertz CT molecular complexity index is 502. The average Bonchev–Trinajstić information content (AvgIpc) is 2.25. The third-order valence-electron chi connectivity index (χ3n) is 1.81. The smallest absolute Gasteiger partial charge is 0.101 e. The van der Waals surface area contributed by atoms with Gasteiger partial charge in [-0.3, -0.25) is 0 Å². The minimum absolute atomic E-state index is 0.637. The number of hydrogen-bond acceptors (Lipinski definition) is 2. The third-order valence-corrected chi connectivity index (χ3v) is 3.96. The molecule has 16 heavy (non-hydrogen) atoms. The first-order valence-electron chi connectivity index (χ1n) is 4.39. The number of hydrogen-bond donors (Lipinski definition) is 0. The zero-order valence-corrected chi connectivity index (χ0v) is 11.9. The molecule has 2 rings (SSSR count). The van der Waals surface area contributed by atoms with Gasteiger partial charge in [0.1, 0.15) is 5.03 Å². The molecule has 1 aromatic heterocycles. The molecule has 0 aliphatic rings. The Balaban J connectivity index is 2.23. The van der Waals surface area contributed by atoms with Crippen molar-refractivity contribution < 1.29 is 0 Å². The van der Waals surface area contributed by atoms with Crippen LogP contribution in [0.15, 0.2) is 50.9 Å². The van der Waals surface area contributed by atoms with Gasteiger partial charge in [-0.1, -0.05) is 35.0 Å². The second kappa shape index (κ2) is 5.41. The van der Waals surface area contributed by atoms with E-state index in [-0.39, 0.29) is 0 Å². The molecule has 0 spiro atoms. The van der Waals surface area contributed by atoms with Gasteiger partial charge in [-0.2, -0.15) is 0 Å². The van der Waals surface area contributed by atoms with Crippen LogP contribution < -0.4 is 0 Å². The molecule has 5 heteroatoms. The summed E-state index contributed by atoms with van der Waals surface area (Å²) in [4.78, 5) is 5.21. The molecule has 2 aromatic rings. The number of rotatable bonds is 2. The molecule has 82 valence electrons.